The number of halogens is 1. The Bertz CT molecular complexity index is 1330. The van der Waals surface area contributed by atoms with Crippen molar-refractivity contribution in [3.63, 3.8) is 0 Å². The number of nitrogens with one attached hydrogen (secondary N) is 2. The van der Waals surface area contributed by atoms with Gasteiger partial charge >= 0.3 is 5.97 Å². The highest BCUT2D eigenvalue weighted by Crippen LogP contribution is 2.28. The van der Waals surface area contributed by atoms with E-state index in [0.717, 1.165) is 10.9 Å². The summed E-state index contributed by atoms with van der Waals surface area (Å²) < 4.78 is 24.3. The van der Waals surface area contributed by atoms with Gasteiger partial charge in [-0.15, -0.1) is 0 Å². The lowest BCUT2D eigenvalue weighted by Gasteiger charge is -2.10. The minimum absolute atomic E-state index is 0.126. The van der Waals surface area contributed by atoms with Gasteiger partial charge in [0.2, 0.25) is 0 Å². The van der Waals surface area contributed by atoms with Gasteiger partial charge in [0.1, 0.15) is 5.82 Å². The van der Waals surface area contributed by atoms with E-state index in [-0.39, 0.29) is 23.0 Å². The summed E-state index contributed by atoms with van der Waals surface area (Å²) in [7, 11) is 1.41. The Hall–Kier alpha value is -4.46. The molecule has 2 N–H and O–H groups in total. The molecule has 0 fully saturated rings. The number of hydrogen-bond donors (Lipinski definition) is 2. The van der Waals surface area contributed by atoms with Crippen LogP contribution in [0.5, 0.6) is 11.5 Å². The zero-order valence-corrected chi connectivity index (χ0v) is 17.0. The van der Waals surface area contributed by atoms with Gasteiger partial charge in [-0.05, 0) is 42.0 Å². The second-order valence-electron chi connectivity index (χ2n) is 6.73. The first kappa shape index (κ1) is 20.8. The summed E-state index contributed by atoms with van der Waals surface area (Å²) in [6.07, 6.45) is 3.05. The average Bonchev–Trinajstić information content (AvgIpc) is 3.24. The zero-order chi connectivity index (χ0) is 22.5. The minimum Gasteiger partial charge on any atom is -0.493 e. The molecule has 32 heavy (non-hydrogen) atoms. The first-order valence-electron chi connectivity index (χ1n) is 9.61. The van der Waals surface area contributed by atoms with Crippen LogP contribution in [0.1, 0.15) is 26.3 Å². The molecule has 160 valence electrons. The molecule has 0 saturated heterocycles. The van der Waals surface area contributed by atoms with Gasteiger partial charge in [0, 0.05) is 17.1 Å². The number of carbonyl (C=O) groups is 2. The Morgan fingerprint density at radius 1 is 1.00 bits per heavy atom. The zero-order valence-electron chi connectivity index (χ0n) is 17.0. The highest BCUT2D eigenvalue weighted by molar-refractivity contribution is 6.06. The van der Waals surface area contributed by atoms with Crippen LogP contribution < -0.4 is 14.9 Å². The van der Waals surface area contributed by atoms with Crippen molar-refractivity contribution in [3.05, 3.63) is 95.4 Å². The number of carbonyl (C=O) groups excluding carboxylic acids is 2. The number of aromatic nitrogens is 1. The van der Waals surface area contributed by atoms with E-state index < -0.39 is 11.8 Å². The number of nitrogens with zero attached hydrogens (tertiary/aromatic N) is 1. The van der Waals surface area contributed by atoms with Crippen molar-refractivity contribution in [3.8, 4) is 11.5 Å². The highest BCUT2D eigenvalue weighted by Gasteiger charge is 2.16. The third kappa shape index (κ3) is 4.34. The quantitative estimate of drug-likeness (QED) is 0.206. The number of H-pyrrole nitrogens is 1. The molecule has 4 aromatic rings. The second kappa shape index (κ2) is 9.13. The van der Waals surface area contributed by atoms with E-state index in [1.165, 1.54) is 37.6 Å². The molecular formula is C24H18FN3O4. The molecule has 0 unspecified atom stereocenters. The number of hydrogen-bond acceptors (Lipinski definition) is 5. The predicted molar refractivity (Wildman–Crippen MR) is 118 cm³/mol. The number of esters is 1. The minimum atomic E-state index is -0.839. The summed E-state index contributed by atoms with van der Waals surface area (Å²) in [5.41, 5.74) is 4.22. The van der Waals surface area contributed by atoms with Gasteiger partial charge in [0.25, 0.3) is 5.91 Å². The van der Waals surface area contributed by atoms with Crippen LogP contribution in [0, 0.1) is 5.82 Å². The van der Waals surface area contributed by atoms with Crippen molar-refractivity contribution in [1.82, 2.24) is 10.4 Å². The van der Waals surface area contributed by atoms with Crippen molar-refractivity contribution in [2.75, 3.05) is 7.11 Å². The van der Waals surface area contributed by atoms with Gasteiger partial charge in [-0.2, -0.15) is 5.10 Å². The van der Waals surface area contributed by atoms with Crippen LogP contribution in [0.25, 0.3) is 10.9 Å². The third-order valence-corrected chi connectivity index (χ3v) is 4.70. The summed E-state index contributed by atoms with van der Waals surface area (Å²) >= 11 is 0. The van der Waals surface area contributed by atoms with Gasteiger partial charge < -0.3 is 14.5 Å². The van der Waals surface area contributed by atoms with Crippen molar-refractivity contribution in [1.29, 1.82) is 0 Å². The summed E-state index contributed by atoms with van der Waals surface area (Å²) in [6.45, 7) is 0. The van der Waals surface area contributed by atoms with Crippen LogP contribution in [0.4, 0.5) is 4.39 Å². The molecule has 0 saturated carbocycles. The van der Waals surface area contributed by atoms with Gasteiger partial charge in [0.05, 0.1) is 24.5 Å². The number of ether oxygens (including phenoxy) is 2. The number of hydrazone groups is 1. The van der Waals surface area contributed by atoms with Crippen LogP contribution in [0.2, 0.25) is 0 Å². The maximum Gasteiger partial charge on any atom is 0.346 e. The maximum atomic E-state index is 13.8. The number of rotatable bonds is 6. The normalized spacial score (nSPS) is 10.9. The van der Waals surface area contributed by atoms with E-state index in [1.54, 1.807) is 24.4 Å². The van der Waals surface area contributed by atoms with Crippen LogP contribution >= 0.6 is 0 Å². The predicted octanol–water partition coefficient (Wildman–Crippen LogP) is 4.30. The maximum absolute atomic E-state index is 13.8. The molecule has 8 heteroatoms. The fraction of sp³-hybridized carbons (Fsp3) is 0.0417. The molecule has 7 nitrogen and oxygen atoms in total. The standard InChI is InChI=1S/C24H18FN3O4/c1-31-22-12-15(10-11-21(22)32-24(30)17-7-2-4-8-19(17)25)13-27-28-23(29)18-14-26-20-9-5-3-6-16(18)20/h2-14,26H,1H3,(H,28,29)/b27-13+. The Balaban J connectivity index is 1.45. The smallest absolute Gasteiger partial charge is 0.346 e. The number of fused-ring (bicyclic) bond motifs is 1. The fourth-order valence-corrected chi connectivity index (χ4v) is 3.12. The van der Waals surface area contributed by atoms with Crippen molar-refractivity contribution in [2.45, 2.75) is 0 Å². The van der Waals surface area contributed by atoms with Crippen LogP contribution in [-0.2, 0) is 0 Å². The highest BCUT2D eigenvalue weighted by atomic mass is 19.1. The molecular weight excluding hydrogens is 413 g/mol. The van der Waals surface area contributed by atoms with Crippen molar-refractivity contribution < 1.29 is 23.5 Å². The van der Waals surface area contributed by atoms with Gasteiger partial charge in [-0.1, -0.05) is 30.3 Å². The molecule has 3 aromatic carbocycles. The molecule has 1 amide bonds. The topological polar surface area (TPSA) is 92.8 Å². The van der Waals surface area contributed by atoms with Crippen LogP contribution in [-0.4, -0.2) is 30.2 Å². The fourth-order valence-electron chi connectivity index (χ4n) is 3.12. The van der Waals surface area contributed by atoms with E-state index in [1.807, 2.05) is 24.3 Å². The largest absolute Gasteiger partial charge is 0.493 e. The Labute approximate surface area is 182 Å². The Morgan fingerprint density at radius 2 is 1.78 bits per heavy atom. The first-order chi connectivity index (χ1) is 15.6. The van der Waals surface area contributed by atoms with Crippen molar-refractivity contribution in [2.24, 2.45) is 5.10 Å². The van der Waals surface area contributed by atoms with Gasteiger partial charge in [0.15, 0.2) is 11.5 Å². The number of amides is 1. The van der Waals surface area contributed by atoms with E-state index >= 15 is 0 Å². The average molecular weight is 431 g/mol. The first-order valence-corrected chi connectivity index (χ1v) is 9.61. The summed E-state index contributed by atoms with van der Waals surface area (Å²) in [5.74, 6) is -1.50. The molecule has 0 aliphatic rings. The van der Waals surface area contributed by atoms with Gasteiger partial charge in [-0.25, -0.2) is 14.6 Å². The van der Waals surface area contributed by atoms with Crippen LogP contribution in [0.3, 0.4) is 0 Å². The van der Waals surface area contributed by atoms with E-state index in [0.29, 0.717) is 11.1 Å². The lowest BCUT2D eigenvalue weighted by Crippen LogP contribution is -2.17. The van der Waals surface area contributed by atoms with Crippen molar-refractivity contribution >= 4 is 29.0 Å². The van der Waals surface area contributed by atoms with E-state index in [2.05, 4.69) is 15.5 Å². The van der Waals surface area contributed by atoms with Crippen LogP contribution in [0.15, 0.2) is 78.0 Å². The molecule has 1 heterocycles. The number of para-hydroxylation sites is 1. The summed E-state index contributed by atoms with van der Waals surface area (Å²) in [5, 5.41) is 4.77. The molecule has 0 aliphatic heterocycles. The van der Waals surface area contributed by atoms with E-state index in [9.17, 15) is 14.0 Å². The summed E-state index contributed by atoms with van der Waals surface area (Å²) in [6, 6.07) is 17.7. The molecule has 0 aliphatic carbocycles. The third-order valence-electron chi connectivity index (χ3n) is 4.70. The molecule has 0 radical (unpaired) electrons. The number of benzene rings is 3. The summed E-state index contributed by atoms with van der Waals surface area (Å²) in [4.78, 5) is 27.7. The monoisotopic (exact) mass is 431 g/mol. The lowest BCUT2D eigenvalue weighted by molar-refractivity contribution is 0.0724. The number of methoxy groups -OCH3 is 1. The van der Waals surface area contributed by atoms with Gasteiger partial charge in [-0.3, -0.25) is 4.79 Å². The molecule has 1 aromatic heterocycles. The Kier molecular flexibility index (Phi) is 5.94. The molecule has 4 rings (SSSR count). The van der Waals surface area contributed by atoms with E-state index in [4.69, 9.17) is 9.47 Å². The second-order valence-corrected chi connectivity index (χ2v) is 6.73. The SMILES string of the molecule is COc1cc(/C=N/NC(=O)c2c[nH]c3ccccc23)ccc1OC(=O)c1ccccc1F. The molecule has 0 bridgehead atoms. The molecule has 0 spiro atoms. The number of aromatic amines is 1. The lowest BCUT2D eigenvalue weighted by atomic mass is 10.2. The Morgan fingerprint density at radius 3 is 2.59 bits per heavy atom. The molecule has 0 atom stereocenters.